The predicted octanol–water partition coefficient (Wildman–Crippen LogP) is 2.80. The van der Waals surface area contributed by atoms with Crippen LogP contribution in [0.5, 0.6) is 11.5 Å². The lowest BCUT2D eigenvalue weighted by Gasteiger charge is -2.33. The Labute approximate surface area is 208 Å². The highest BCUT2D eigenvalue weighted by Crippen LogP contribution is 2.34. The quantitative estimate of drug-likeness (QED) is 0.532. The third-order valence-corrected chi connectivity index (χ3v) is 6.32. The summed E-state index contributed by atoms with van der Waals surface area (Å²) in [5.74, 6) is -0.217. The van der Waals surface area contributed by atoms with Gasteiger partial charge >= 0.3 is 0 Å². The minimum atomic E-state index is -3.90. The fourth-order valence-corrected chi connectivity index (χ4v) is 4.27. The average Bonchev–Trinajstić information content (AvgIpc) is 2.78. The van der Waals surface area contributed by atoms with E-state index >= 15 is 0 Å². The molecule has 0 aliphatic rings. The van der Waals surface area contributed by atoms with Crippen molar-refractivity contribution in [3.8, 4) is 11.5 Å². The molecule has 1 N–H and O–H groups in total. The Kier molecular flexibility index (Phi) is 9.14. The van der Waals surface area contributed by atoms with Crippen LogP contribution in [0.2, 0.25) is 0 Å². The van der Waals surface area contributed by atoms with Crippen molar-refractivity contribution >= 4 is 27.5 Å². The van der Waals surface area contributed by atoms with Crippen LogP contribution >= 0.6 is 0 Å². The van der Waals surface area contributed by atoms with Crippen molar-refractivity contribution in [3.63, 3.8) is 0 Å². The molecule has 0 spiro atoms. The van der Waals surface area contributed by atoms with Gasteiger partial charge in [-0.1, -0.05) is 30.3 Å². The SMILES string of the molecule is COc1ccc(OC)c(N(CC(=O)N(Cc2ccccc2)[C@@H](C)C(=O)NC(C)(C)C)S(C)(=O)=O)c1. The third kappa shape index (κ3) is 7.88. The Morgan fingerprint density at radius 2 is 1.66 bits per heavy atom. The fraction of sp³-hybridized carbons (Fsp3) is 0.440. The van der Waals surface area contributed by atoms with E-state index in [9.17, 15) is 18.0 Å². The minimum absolute atomic E-state index is 0.130. The van der Waals surface area contributed by atoms with Crippen molar-refractivity contribution in [3.05, 3.63) is 54.1 Å². The van der Waals surface area contributed by atoms with Gasteiger partial charge in [0.2, 0.25) is 21.8 Å². The lowest BCUT2D eigenvalue weighted by molar-refractivity contribution is -0.140. The number of benzene rings is 2. The zero-order chi connectivity index (χ0) is 26.4. The monoisotopic (exact) mass is 505 g/mol. The second kappa shape index (κ2) is 11.4. The molecule has 0 saturated heterocycles. The summed E-state index contributed by atoms with van der Waals surface area (Å²) in [5, 5.41) is 2.89. The Morgan fingerprint density at radius 3 is 2.17 bits per heavy atom. The maximum absolute atomic E-state index is 13.6. The second-order valence-electron chi connectivity index (χ2n) is 9.23. The Hall–Kier alpha value is -3.27. The summed E-state index contributed by atoms with van der Waals surface area (Å²) in [4.78, 5) is 27.9. The summed E-state index contributed by atoms with van der Waals surface area (Å²) in [6.45, 7) is 6.77. The van der Waals surface area contributed by atoms with E-state index in [0.29, 0.717) is 5.75 Å². The van der Waals surface area contributed by atoms with Crippen LogP contribution in [0.25, 0.3) is 0 Å². The Morgan fingerprint density at radius 1 is 1.03 bits per heavy atom. The molecule has 192 valence electrons. The van der Waals surface area contributed by atoms with E-state index < -0.39 is 34.1 Å². The summed E-state index contributed by atoms with van der Waals surface area (Å²) in [6.07, 6.45) is 1.01. The molecule has 0 aliphatic heterocycles. The van der Waals surface area contributed by atoms with E-state index in [1.807, 2.05) is 51.1 Å². The van der Waals surface area contributed by atoms with Crippen molar-refractivity contribution in [2.45, 2.75) is 45.8 Å². The van der Waals surface area contributed by atoms with E-state index in [4.69, 9.17) is 9.47 Å². The Bertz CT molecular complexity index is 1130. The number of carbonyl (C=O) groups excluding carboxylic acids is 2. The molecule has 0 heterocycles. The highest BCUT2D eigenvalue weighted by molar-refractivity contribution is 7.92. The maximum atomic E-state index is 13.6. The van der Waals surface area contributed by atoms with Crippen LogP contribution in [0.1, 0.15) is 33.3 Å². The Balaban J connectivity index is 2.47. The number of anilines is 1. The molecule has 0 fully saturated rings. The summed E-state index contributed by atoms with van der Waals surface area (Å²) < 4.78 is 37.1. The first-order chi connectivity index (χ1) is 16.3. The number of nitrogens with one attached hydrogen (secondary N) is 1. The van der Waals surface area contributed by atoms with Gasteiger partial charge in [-0.15, -0.1) is 0 Å². The van der Waals surface area contributed by atoms with Gasteiger partial charge in [-0.3, -0.25) is 13.9 Å². The largest absolute Gasteiger partial charge is 0.497 e. The van der Waals surface area contributed by atoms with Crippen LogP contribution in [0.3, 0.4) is 0 Å². The molecule has 10 heteroatoms. The topological polar surface area (TPSA) is 105 Å². The summed E-state index contributed by atoms with van der Waals surface area (Å²) in [7, 11) is -1.03. The number of rotatable bonds is 10. The lowest BCUT2D eigenvalue weighted by atomic mass is 10.1. The molecule has 0 aliphatic carbocycles. The first-order valence-electron chi connectivity index (χ1n) is 11.1. The van der Waals surface area contributed by atoms with Gasteiger partial charge in [0, 0.05) is 18.2 Å². The number of sulfonamides is 1. The van der Waals surface area contributed by atoms with Gasteiger partial charge in [0.05, 0.1) is 26.2 Å². The van der Waals surface area contributed by atoms with E-state index in [1.54, 1.807) is 19.1 Å². The number of hydrogen-bond acceptors (Lipinski definition) is 6. The molecule has 0 bridgehead atoms. The number of ether oxygens (including phenoxy) is 2. The van der Waals surface area contributed by atoms with Crippen molar-refractivity contribution in [2.24, 2.45) is 0 Å². The zero-order valence-corrected chi connectivity index (χ0v) is 22.2. The predicted molar refractivity (Wildman–Crippen MR) is 136 cm³/mol. The van der Waals surface area contributed by atoms with Gasteiger partial charge in [0.25, 0.3) is 0 Å². The molecular weight excluding hydrogens is 470 g/mol. The van der Waals surface area contributed by atoms with Gasteiger partial charge in [0.15, 0.2) is 0 Å². The zero-order valence-electron chi connectivity index (χ0n) is 21.4. The minimum Gasteiger partial charge on any atom is -0.497 e. The molecule has 2 aromatic rings. The molecule has 0 radical (unpaired) electrons. The molecule has 0 aromatic heterocycles. The number of methoxy groups -OCH3 is 2. The molecule has 1 atom stereocenters. The van der Waals surface area contributed by atoms with Gasteiger partial charge in [-0.2, -0.15) is 0 Å². The average molecular weight is 506 g/mol. The van der Waals surface area contributed by atoms with Crippen molar-refractivity contribution in [1.82, 2.24) is 10.2 Å². The highest BCUT2D eigenvalue weighted by atomic mass is 32.2. The normalized spacial score (nSPS) is 12.4. The van der Waals surface area contributed by atoms with Crippen LogP contribution in [0.4, 0.5) is 5.69 Å². The molecule has 2 rings (SSSR count). The number of amides is 2. The van der Waals surface area contributed by atoms with Gasteiger partial charge in [-0.25, -0.2) is 8.42 Å². The molecule has 0 unspecified atom stereocenters. The number of hydrogen-bond donors (Lipinski definition) is 1. The number of carbonyl (C=O) groups is 2. The maximum Gasteiger partial charge on any atom is 0.244 e. The third-order valence-electron chi connectivity index (χ3n) is 5.20. The van der Waals surface area contributed by atoms with Crippen molar-refractivity contribution < 1.29 is 27.5 Å². The number of nitrogens with zero attached hydrogens (tertiary/aromatic N) is 2. The van der Waals surface area contributed by atoms with Crippen LogP contribution in [-0.4, -0.2) is 63.7 Å². The molecule has 2 amide bonds. The van der Waals surface area contributed by atoms with Gasteiger partial charge < -0.3 is 19.7 Å². The van der Waals surface area contributed by atoms with Crippen molar-refractivity contribution in [1.29, 1.82) is 0 Å². The van der Waals surface area contributed by atoms with Crippen LogP contribution in [0, 0.1) is 0 Å². The molecule has 35 heavy (non-hydrogen) atoms. The van der Waals surface area contributed by atoms with E-state index in [2.05, 4.69) is 5.32 Å². The molecule has 2 aromatic carbocycles. The second-order valence-corrected chi connectivity index (χ2v) is 11.1. The molecular formula is C25H35N3O6S. The summed E-state index contributed by atoms with van der Waals surface area (Å²) in [5.41, 5.74) is 0.467. The van der Waals surface area contributed by atoms with Crippen LogP contribution in [-0.2, 0) is 26.2 Å². The van der Waals surface area contributed by atoms with E-state index in [0.717, 1.165) is 16.1 Å². The first kappa shape index (κ1) is 28.0. The van der Waals surface area contributed by atoms with Gasteiger partial charge in [0.1, 0.15) is 24.1 Å². The van der Waals surface area contributed by atoms with E-state index in [-0.39, 0.29) is 23.9 Å². The summed E-state index contributed by atoms with van der Waals surface area (Å²) in [6, 6.07) is 13.0. The van der Waals surface area contributed by atoms with Crippen LogP contribution < -0.4 is 19.1 Å². The van der Waals surface area contributed by atoms with Crippen LogP contribution in [0.15, 0.2) is 48.5 Å². The van der Waals surface area contributed by atoms with Gasteiger partial charge in [-0.05, 0) is 45.4 Å². The fourth-order valence-electron chi connectivity index (χ4n) is 3.42. The van der Waals surface area contributed by atoms with E-state index in [1.165, 1.54) is 25.2 Å². The first-order valence-corrected chi connectivity index (χ1v) is 13.0. The summed E-state index contributed by atoms with van der Waals surface area (Å²) >= 11 is 0. The molecule has 0 saturated carbocycles. The standard InChI is InChI=1S/C25H35N3O6S/c1-18(24(30)26-25(2,3)4)27(16-19-11-9-8-10-12-19)23(29)17-28(35(7,31)32)21-15-20(33-5)13-14-22(21)34-6/h8-15,18H,16-17H2,1-7H3,(H,26,30)/t18-/m0/s1. The lowest BCUT2D eigenvalue weighted by Crippen LogP contribution is -2.54. The smallest absolute Gasteiger partial charge is 0.244 e. The van der Waals surface area contributed by atoms with Crippen molar-refractivity contribution in [2.75, 3.05) is 31.3 Å². The highest BCUT2D eigenvalue weighted by Gasteiger charge is 2.32. The molecule has 9 nitrogen and oxygen atoms in total.